The van der Waals surface area contributed by atoms with Crippen molar-refractivity contribution in [2.24, 2.45) is 5.92 Å². The molecule has 1 fully saturated rings. The van der Waals surface area contributed by atoms with Gasteiger partial charge in [-0.05, 0) is 12.8 Å². The Hall–Kier alpha value is -1.10. The second-order valence-corrected chi connectivity index (χ2v) is 4.10. The number of hydrogen-bond donors (Lipinski definition) is 2. The van der Waals surface area contributed by atoms with Gasteiger partial charge in [0.25, 0.3) is 0 Å². The number of hydrogen-bond acceptors (Lipinski definition) is 3. The second kappa shape index (κ2) is 6.48. The average Bonchev–Trinajstić information content (AvgIpc) is 2.76. The van der Waals surface area contributed by atoms with E-state index in [2.05, 4.69) is 5.32 Å². The number of ether oxygens (including phenoxy) is 1. The van der Waals surface area contributed by atoms with Crippen LogP contribution < -0.4 is 5.32 Å². The monoisotopic (exact) mass is 229 g/mol. The number of unbranched alkanes of at least 4 members (excludes halogenated alkanes) is 1. The van der Waals surface area contributed by atoms with Crippen molar-refractivity contribution >= 4 is 11.9 Å². The Morgan fingerprint density at radius 1 is 1.56 bits per heavy atom. The Labute approximate surface area is 95.2 Å². The molecule has 0 aromatic heterocycles. The van der Waals surface area contributed by atoms with Crippen LogP contribution in [-0.2, 0) is 14.3 Å². The van der Waals surface area contributed by atoms with Gasteiger partial charge in [-0.15, -0.1) is 0 Å². The van der Waals surface area contributed by atoms with Crippen LogP contribution in [0.1, 0.15) is 32.6 Å². The Kier molecular flexibility index (Phi) is 5.25. The van der Waals surface area contributed by atoms with Crippen molar-refractivity contribution < 1.29 is 19.4 Å². The molecule has 0 aromatic carbocycles. The van der Waals surface area contributed by atoms with Gasteiger partial charge >= 0.3 is 5.97 Å². The van der Waals surface area contributed by atoms with Gasteiger partial charge in [0.15, 0.2) is 0 Å². The molecule has 0 saturated carbocycles. The van der Waals surface area contributed by atoms with Gasteiger partial charge in [0, 0.05) is 6.61 Å². The number of nitrogens with one attached hydrogen (secondary N) is 1. The first-order chi connectivity index (χ1) is 7.65. The third kappa shape index (κ3) is 3.81. The zero-order valence-electron chi connectivity index (χ0n) is 9.57. The fourth-order valence-electron chi connectivity index (χ4n) is 1.70. The lowest BCUT2D eigenvalue weighted by Gasteiger charge is -2.16. The van der Waals surface area contributed by atoms with Gasteiger partial charge in [0.2, 0.25) is 5.91 Å². The van der Waals surface area contributed by atoms with E-state index in [0.29, 0.717) is 26.1 Å². The minimum absolute atomic E-state index is 0.177. The van der Waals surface area contributed by atoms with Crippen LogP contribution in [0, 0.1) is 5.92 Å². The SMILES string of the molecule is CCCC[C@H](NC(=O)C1CCOC1)C(=O)O. The summed E-state index contributed by atoms with van der Waals surface area (Å²) >= 11 is 0. The highest BCUT2D eigenvalue weighted by molar-refractivity contribution is 5.85. The molecule has 0 spiro atoms. The van der Waals surface area contributed by atoms with Crippen molar-refractivity contribution in [3.63, 3.8) is 0 Å². The first-order valence-electron chi connectivity index (χ1n) is 5.76. The smallest absolute Gasteiger partial charge is 0.326 e. The quantitative estimate of drug-likeness (QED) is 0.705. The highest BCUT2D eigenvalue weighted by Crippen LogP contribution is 2.13. The van der Waals surface area contributed by atoms with Gasteiger partial charge in [-0.2, -0.15) is 0 Å². The third-order valence-electron chi connectivity index (χ3n) is 2.76. The normalized spacial score (nSPS) is 21.7. The molecule has 0 aromatic rings. The molecule has 0 bridgehead atoms. The number of carboxylic acids is 1. The van der Waals surface area contributed by atoms with Crippen molar-refractivity contribution in [1.82, 2.24) is 5.32 Å². The summed E-state index contributed by atoms with van der Waals surface area (Å²) in [5, 5.41) is 11.5. The molecule has 0 aliphatic carbocycles. The van der Waals surface area contributed by atoms with Crippen LogP contribution in [0.15, 0.2) is 0 Å². The predicted octanol–water partition coefficient (Wildman–Crippen LogP) is 0.782. The minimum Gasteiger partial charge on any atom is -0.480 e. The highest BCUT2D eigenvalue weighted by atomic mass is 16.5. The Bertz CT molecular complexity index is 248. The average molecular weight is 229 g/mol. The zero-order chi connectivity index (χ0) is 12.0. The Morgan fingerprint density at radius 2 is 2.31 bits per heavy atom. The van der Waals surface area contributed by atoms with E-state index in [-0.39, 0.29) is 11.8 Å². The van der Waals surface area contributed by atoms with Gasteiger partial charge in [-0.1, -0.05) is 19.8 Å². The van der Waals surface area contributed by atoms with Gasteiger partial charge in [0.05, 0.1) is 12.5 Å². The van der Waals surface area contributed by atoms with Gasteiger partial charge < -0.3 is 15.2 Å². The molecule has 1 unspecified atom stereocenters. The molecule has 92 valence electrons. The Morgan fingerprint density at radius 3 is 2.81 bits per heavy atom. The molecular weight excluding hydrogens is 210 g/mol. The van der Waals surface area contributed by atoms with Crippen LogP contribution in [0.25, 0.3) is 0 Å². The topological polar surface area (TPSA) is 75.6 Å². The van der Waals surface area contributed by atoms with Crippen molar-refractivity contribution in [3.05, 3.63) is 0 Å². The third-order valence-corrected chi connectivity index (χ3v) is 2.76. The molecule has 16 heavy (non-hydrogen) atoms. The largest absolute Gasteiger partial charge is 0.480 e. The first kappa shape index (κ1) is 13.0. The Balaban J connectivity index is 2.40. The molecule has 1 amide bonds. The summed E-state index contributed by atoms with van der Waals surface area (Å²) in [5.74, 6) is -1.33. The number of carbonyl (C=O) groups is 2. The van der Waals surface area contributed by atoms with E-state index in [4.69, 9.17) is 9.84 Å². The second-order valence-electron chi connectivity index (χ2n) is 4.10. The summed E-state index contributed by atoms with van der Waals surface area (Å²) in [6, 6.07) is -0.756. The minimum atomic E-state index is -0.958. The summed E-state index contributed by atoms with van der Waals surface area (Å²) in [6.45, 7) is 2.99. The van der Waals surface area contributed by atoms with Crippen LogP contribution in [0.2, 0.25) is 0 Å². The standard InChI is InChI=1S/C11H19NO4/c1-2-3-4-9(11(14)15)12-10(13)8-5-6-16-7-8/h8-9H,2-7H2,1H3,(H,12,13)(H,14,15)/t8?,9-/m0/s1. The van der Waals surface area contributed by atoms with Crippen molar-refractivity contribution in [3.8, 4) is 0 Å². The molecule has 5 heteroatoms. The van der Waals surface area contributed by atoms with Crippen molar-refractivity contribution in [1.29, 1.82) is 0 Å². The van der Waals surface area contributed by atoms with E-state index < -0.39 is 12.0 Å². The molecule has 5 nitrogen and oxygen atoms in total. The summed E-state index contributed by atoms with van der Waals surface area (Å²) < 4.78 is 5.09. The molecule has 1 aliphatic heterocycles. The number of amides is 1. The fraction of sp³-hybridized carbons (Fsp3) is 0.818. The van der Waals surface area contributed by atoms with E-state index in [9.17, 15) is 9.59 Å². The number of carboxylic acid groups (broad SMARTS) is 1. The molecular formula is C11H19NO4. The van der Waals surface area contributed by atoms with Gasteiger partial charge in [-0.3, -0.25) is 4.79 Å². The maximum atomic E-state index is 11.7. The summed E-state index contributed by atoms with van der Waals surface area (Å²) in [4.78, 5) is 22.6. The highest BCUT2D eigenvalue weighted by Gasteiger charge is 2.27. The van der Waals surface area contributed by atoms with Gasteiger partial charge in [0.1, 0.15) is 6.04 Å². The molecule has 1 heterocycles. The van der Waals surface area contributed by atoms with E-state index in [1.54, 1.807) is 0 Å². The molecule has 1 aliphatic rings. The summed E-state index contributed by atoms with van der Waals surface area (Å²) in [5.41, 5.74) is 0. The molecule has 0 radical (unpaired) electrons. The maximum absolute atomic E-state index is 11.7. The van der Waals surface area contributed by atoms with Crippen LogP contribution in [0.3, 0.4) is 0 Å². The first-order valence-corrected chi connectivity index (χ1v) is 5.76. The molecule has 1 rings (SSSR count). The number of carbonyl (C=O) groups excluding carboxylic acids is 1. The lowest BCUT2D eigenvalue weighted by molar-refractivity contribution is -0.142. The summed E-state index contributed by atoms with van der Waals surface area (Å²) in [6.07, 6.45) is 2.90. The molecule has 1 saturated heterocycles. The lowest BCUT2D eigenvalue weighted by atomic mass is 10.1. The summed E-state index contributed by atoms with van der Waals surface area (Å²) in [7, 11) is 0. The van der Waals surface area contributed by atoms with Crippen LogP contribution in [0.4, 0.5) is 0 Å². The van der Waals surface area contributed by atoms with E-state index in [1.165, 1.54) is 0 Å². The van der Waals surface area contributed by atoms with E-state index >= 15 is 0 Å². The van der Waals surface area contributed by atoms with E-state index in [1.807, 2.05) is 6.92 Å². The van der Waals surface area contributed by atoms with Crippen molar-refractivity contribution in [2.75, 3.05) is 13.2 Å². The zero-order valence-corrected chi connectivity index (χ0v) is 9.57. The van der Waals surface area contributed by atoms with E-state index in [0.717, 1.165) is 12.8 Å². The number of rotatable bonds is 6. The predicted molar refractivity (Wildman–Crippen MR) is 58.0 cm³/mol. The van der Waals surface area contributed by atoms with Gasteiger partial charge in [-0.25, -0.2) is 4.79 Å². The molecule has 2 N–H and O–H groups in total. The number of aliphatic carboxylic acids is 1. The van der Waals surface area contributed by atoms with Crippen LogP contribution in [0.5, 0.6) is 0 Å². The maximum Gasteiger partial charge on any atom is 0.326 e. The van der Waals surface area contributed by atoms with Crippen molar-refractivity contribution in [2.45, 2.75) is 38.6 Å². The lowest BCUT2D eigenvalue weighted by Crippen LogP contribution is -2.43. The fourth-order valence-corrected chi connectivity index (χ4v) is 1.70. The van der Waals surface area contributed by atoms with Crippen LogP contribution >= 0.6 is 0 Å². The molecule has 2 atom stereocenters. The van der Waals surface area contributed by atoms with Crippen LogP contribution in [-0.4, -0.2) is 36.2 Å².